The van der Waals surface area contributed by atoms with Gasteiger partial charge in [0.2, 0.25) is 0 Å². The molecule has 0 atom stereocenters. The van der Waals surface area contributed by atoms with E-state index < -0.39 is 21.8 Å². The largest absolute Gasteiger partial charge is 0.477 e. The molecule has 1 heterocycles. The molecule has 8 heteroatoms. The fraction of sp³-hybridized carbons (Fsp3) is 0.154. The van der Waals surface area contributed by atoms with Crippen molar-refractivity contribution in [1.29, 1.82) is 0 Å². The van der Waals surface area contributed by atoms with Gasteiger partial charge in [0.25, 0.3) is 10.0 Å². The number of nitrogens with zero attached hydrogens (tertiary/aromatic N) is 1. The molecular formula is C13H12FNO4S2. The van der Waals surface area contributed by atoms with Gasteiger partial charge in [-0.3, -0.25) is 4.31 Å². The summed E-state index contributed by atoms with van der Waals surface area (Å²) in [5, 5.41) is 8.93. The molecule has 0 radical (unpaired) electrons. The molecule has 0 fully saturated rings. The maximum absolute atomic E-state index is 13.7. The van der Waals surface area contributed by atoms with Crippen LogP contribution in [0.15, 0.2) is 35.2 Å². The minimum Gasteiger partial charge on any atom is -0.477 e. The number of hydrogen-bond donors (Lipinski definition) is 1. The van der Waals surface area contributed by atoms with Crippen molar-refractivity contribution in [2.45, 2.75) is 11.8 Å². The van der Waals surface area contributed by atoms with Gasteiger partial charge in [0.05, 0.1) is 5.69 Å². The van der Waals surface area contributed by atoms with Crippen molar-refractivity contribution >= 4 is 33.0 Å². The summed E-state index contributed by atoms with van der Waals surface area (Å²) in [4.78, 5) is 11.1. The van der Waals surface area contributed by atoms with Gasteiger partial charge in [-0.05, 0) is 25.1 Å². The Hall–Kier alpha value is -1.93. The number of aromatic carboxylic acids is 1. The lowest BCUT2D eigenvalue weighted by Gasteiger charge is -2.19. The summed E-state index contributed by atoms with van der Waals surface area (Å²) >= 11 is 0.867. The van der Waals surface area contributed by atoms with Gasteiger partial charge in [-0.15, -0.1) is 11.3 Å². The van der Waals surface area contributed by atoms with Gasteiger partial charge in [0.1, 0.15) is 15.6 Å². The van der Waals surface area contributed by atoms with E-state index in [1.165, 1.54) is 32.2 Å². The average molecular weight is 329 g/mol. The van der Waals surface area contributed by atoms with Crippen LogP contribution in [0.2, 0.25) is 0 Å². The third-order valence-corrected chi connectivity index (χ3v) is 5.98. The molecule has 0 aliphatic rings. The summed E-state index contributed by atoms with van der Waals surface area (Å²) in [6, 6.07) is 6.57. The highest BCUT2D eigenvalue weighted by Gasteiger charge is 2.28. The molecule has 21 heavy (non-hydrogen) atoms. The van der Waals surface area contributed by atoms with Crippen molar-refractivity contribution in [1.82, 2.24) is 0 Å². The fourth-order valence-electron chi connectivity index (χ4n) is 1.81. The monoisotopic (exact) mass is 329 g/mol. The second-order valence-corrected chi connectivity index (χ2v) is 7.45. The molecule has 0 saturated carbocycles. The number of thiophene rings is 1. The van der Waals surface area contributed by atoms with Gasteiger partial charge in [-0.25, -0.2) is 17.6 Å². The smallest absolute Gasteiger partial charge is 0.345 e. The zero-order valence-corrected chi connectivity index (χ0v) is 12.8. The van der Waals surface area contributed by atoms with E-state index in [9.17, 15) is 17.6 Å². The van der Waals surface area contributed by atoms with Crippen LogP contribution in [0, 0.1) is 12.7 Å². The van der Waals surface area contributed by atoms with Crippen LogP contribution in [-0.4, -0.2) is 26.5 Å². The normalized spacial score (nSPS) is 11.4. The second-order valence-electron chi connectivity index (χ2n) is 4.26. The van der Waals surface area contributed by atoms with Crippen molar-refractivity contribution in [2.24, 2.45) is 0 Å². The zero-order valence-electron chi connectivity index (χ0n) is 11.2. The van der Waals surface area contributed by atoms with Crippen LogP contribution in [0.5, 0.6) is 0 Å². The molecular weight excluding hydrogens is 317 g/mol. The van der Waals surface area contributed by atoms with Crippen LogP contribution in [0.3, 0.4) is 0 Å². The van der Waals surface area contributed by atoms with Gasteiger partial charge in [0.15, 0.2) is 0 Å². The summed E-state index contributed by atoms with van der Waals surface area (Å²) in [5.41, 5.74) is -0.0972. The maximum Gasteiger partial charge on any atom is 0.345 e. The Kier molecular flexibility index (Phi) is 4.02. The van der Waals surface area contributed by atoms with Crippen molar-refractivity contribution < 1.29 is 22.7 Å². The molecule has 5 nitrogen and oxygen atoms in total. The van der Waals surface area contributed by atoms with Gasteiger partial charge < -0.3 is 5.11 Å². The third kappa shape index (κ3) is 2.77. The van der Waals surface area contributed by atoms with Gasteiger partial charge in [-0.1, -0.05) is 12.1 Å². The number of benzene rings is 1. The number of para-hydroxylation sites is 1. The molecule has 1 N–H and O–H groups in total. The maximum atomic E-state index is 13.7. The van der Waals surface area contributed by atoms with Gasteiger partial charge in [0, 0.05) is 11.9 Å². The number of hydrogen-bond acceptors (Lipinski definition) is 4. The van der Waals surface area contributed by atoms with E-state index in [2.05, 4.69) is 0 Å². The van der Waals surface area contributed by atoms with E-state index in [-0.39, 0.29) is 15.5 Å². The van der Waals surface area contributed by atoms with Crippen LogP contribution < -0.4 is 4.31 Å². The number of carbonyl (C=O) groups is 1. The van der Waals surface area contributed by atoms with Crippen molar-refractivity contribution in [3.05, 3.63) is 45.9 Å². The predicted molar refractivity (Wildman–Crippen MR) is 78.0 cm³/mol. The molecule has 2 aromatic rings. The average Bonchev–Trinajstić information content (AvgIpc) is 2.81. The Morgan fingerprint density at radius 3 is 2.48 bits per heavy atom. The Bertz CT molecular complexity index is 798. The van der Waals surface area contributed by atoms with Gasteiger partial charge >= 0.3 is 5.97 Å². The quantitative estimate of drug-likeness (QED) is 0.936. The second kappa shape index (κ2) is 5.45. The number of anilines is 1. The first-order chi connectivity index (χ1) is 9.75. The first-order valence-corrected chi connectivity index (χ1v) is 8.08. The predicted octanol–water partition coefficient (Wildman–Crippen LogP) is 2.72. The molecule has 1 aromatic carbocycles. The van der Waals surface area contributed by atoms with Crippen molar-refractivity contribution in [3.8, 4) is 0 Å². The zero-order chi connectivity index (χ0) is 15.8. The lowest BCUT2D eigenvalue weighted by molar-refractivity contribution is 0.0702. The highest BCUT2D eigenvalue weighted by molar-refractivity contribution is 7.93. The lowest BCUT2D eigenvalue weighted by atomic mass is 10.3. The molecule has 0 aliphatic heterocycles. The lowest BCUT2D eigenvalue weighted by Crippen LogP contribution is -2.27. The number of carboxylic acid groups (broad SMARTS) is 1. The van der Waals surface area contributed by atoms with E-state index in [4.69, 9.17) is 5.11 Å². The van der Waals surface area contributed by atoms with Crippen LogP contribution in [0.4, 0.5) is 10.1 Å². The van der Waals surface area contributed by atoms with Crippen molar-refractivity contribution in [3.63, 3.8) is 0 Å². The molecule has 0 amide bonds. The van der Waals surface area contributed by atoms with E-state index in [1.807, 2.05) is 0 Å². The Morgan fingerprint density at radius 2 is 1.95 bits per heavy atom. The number of carboxylic acids is 1. The van der Waals surface area contributed by atoms with Crippen LogP contribution in [0.25, 0.3) is 0 Å². The Morgan fingerprint density at radius 1 is 1.33 bits per heavy atom. The van der Waals surface area contributed by atoms with E-state index in [1.54, 1.807) is 0 Å². The summed E-state index contributed by atoms with van der Waals surface area (Å²) in [5.74, 6) is -1.87. The van der Waals surface area contributed by atoms with E-state index >= 15 is 0 Å². The molecule has 0 spiro atoms. The number of sulfonamides is 1. The highest BCUT2D eigenvalue weighted by Crippen LogP contribution is 2.30. The number of aryl methyl sites for hydroxylation is 1. The summed E-state index contributed by atoms with van der Waals surface area (Å²) in [6.07, 6.45) is 0. The third-order valence-electron chi connectivity index (χ3n) is 2.91. The van der Waals surface area contributed by atoms with Crippen molar-refractivity contribution in [2.75, 3.05) is 11.4 Å². The number of halogens is 1. The SMILES string of the molecule is Cc1sc(C(=O)O)cc1S(=O)(=O)N(C)c1ccccc1F. The highest BCUT2D eigenvalue weighted by atomic mass is 32.2. The first kappa shape index (κ1) is 15.5. The number of rotatable bonds is 4. The minimum atomic E-state index is -4.02. The minimum absolute atomic E-state index is 0.0759. The summed E-state index contributed by atoms with van der Waals surface area (Å²) in [6.45, 7) is 1.51. The molecule has 0 bridgehead atoms. The molecule has 0 unspecified atom stereocenters. The molecule has 2 rings (SSSR count). The fourth-order valence-corrected chi connectivity index (χ4v) is 4.41. The van der Waals surface area contributed by atoms with Gasteiger partial charge in [-0.2, -0.15) is 0 Å². The Balaban J connectivity index is 2.52. The Labute approximate surface area is 125 Å². The molecule has 0 aliphatic carbocycles. The van der Waals surface area contributed by atoms with E-state index in [0.717, 1.165) is 27.8 Å². The standard InChI is InChI=1S/C13H12FNO4S2/c1-8-12(7-11(20-8)13(16)17)21(18,19)15(2)10-6-4-3-5-9(10)14/h3-7H,1-2H3,(H,16,17). The first-order valence-electron chi connectivity index (χ1n) is 5.82. The summed E-state index contributed by atoms with van der Waals surface area (Å²) in [7, 11) is -2.79. The molecule has 1 aromatic heterocycles. The topological polar surface area (TPSA) is 74.7 Å². The van der Waals surface area contributed by atoms with E-state index in [0.29, 0.717) is 4.88 Å². The summed E-state index contributed by atoms with van der Waals surface area (Å²) < 4.78 is 39.6. The van der Waals surface area contributed by atoms with Crippen LogP contribution >= 0.6 is 11.3 Å². The molecule has 0 saturated heterocycles. The van der Waals surface area contributed by atoms with Crippen LogP contribution in [-0.2, 0) is 10.0 Å². The van der Waals surface area contributed by atoms with Crippen LogP contribution in [0.1, 0.15) is 14.5 Å². The molecule has 112 valence electrons.